The monoisotopic (exact) mass is 370 g/mol. The van der Waals surface area contributed by atoms with Gasteiger partial charge in [0.05, 0.1) is 22.7 Å². The Morgan fingerprint density at radius 3 is 1.23 bits per heavy atom. The van der Waals surface area contributed by atoms with Gasteiger partial charge in [-0.3, -0.25) is 19.2 Å². The summed E-state index contributed by atoms with van der Waals surface area (Å²) in [4.78, 5) is 47.8. The van der Waals surface area contributed by atoms with Crippen LogP contribution in [-0.2, 0) is 19.2 Å². The van der Waals surface area contributed by atoms with E-state index in [4.69, 9.17) is 0 Å². The summed E-state index contributed by atoms with van der Waals surface area (Å²) in [5, 5.41) is 39.0. The van der Waals surface area contributed by atoms with Gasteiger partial charge in [0.2, 0.25) is 0 Å². The van der Waals surface area contributed by atoms with E-state index in [1.54, 1.807) is 13.8 Å². The molecule has 0 amide bonds. The van der Waals surface area contributed by atoms with Crippen LogP contribution in [0, 0.1) is 34.5 Å². The summed E-state index contributed by atoms with van der Waals surface area (Å²) in [5.74, 6) is -8.64. The lowest BCUT2D eigenvalue weighted by molar-refractivity contribution is -0.256. The highest BCUT2D eigenvalue weighted by molar-refractivity contribution is 5.91. The maximum absolute atomic E-state index is 12.3. The van der Waals surface area contributed by atoms with Crippen molar-refractivity contribution >= 4 is 23.9 Å². The average molecular weight is 370 g/mol. The van der Waals surface area contributed by atoms with Crippen LogP contribution in [-0.4, -0.2) is 44.3 Å². The number of rotatable bonds is 8. The summed E-state index contributed by atoms with van der Waals surface area (Å²) in [7, 11) is 0. The molecular formula is C18H26O8. The predicted molar refractivity (Wildman–Crippen MR) is 88.4 cm³/mol. The maximum atomic E-state index is 12.3. The van der Waals surface area contributed by atoms with Gasteiger partial charge in [0, 0.05) is 0 Å². The topological polar surface area (TPSA) is 149 Å². The van der Waals surface area contributed by atoms with E-state index in [9.17, 15) is 39.6 Å². The maximum Gasteiger partial charge on any atom is 0.311 e. The largest absolute Gasteiger partial charge is 0.481 e. The van der Waals surface area contributed by atoms with Crippen molar-refractivity contribution < 1.29 is 39.6 Å². The molecule has 2 saturated carbocycles. The minimum absolute atomic E-state index is 0.109. The lowest BCUT2D eigenvalue weighted by Gasteiger charge is -2.68. The van der Waals surface area contributed by atoms with Gasteiger partial charge in [0.15, 0.2) is 0 Å². The zero-order chi connectivity index (χ0) is 19.9. The third-order valence-electron chi connectivity index (χ3n) is 6.74. The highest BCUT2D eigenvalue weighted by atomic mass is 16.4. The number of carboxylic acids is 4. The fraction of sp³-hybridized carbons (Fsp3) is 0.778. The van der Waals surface area contributed by atoms with Crippen molar-refractivity contribution in [3.8, 4) is 0 Å². The minimum atomic E-state index is -1.55. The van der Waals surface area contributed by atoms with Crippen LogP contribution in [0.4, 0.5) is 0 Å². The summed E-state index contributed by atoms with van der Waals surface area (Å²) in [6, 6.07) is 0. The van der Waals surface area contributed by atoms with E-state index in [1.807, 2.05) is 0 Å². The van der Waals surface area contributed by atoms with Gasteiger partial charge in [0.25, 0.3) is 0 Å². The molecule has 0 saturated heterocycles. The van der Waals surface area contributed by atoms with E-state index < -0.39 is 58.4 Å². The van der Waals surface area contributed by atoms with Gasteiger partial charge >= 0.3 is 23.9 Å². The first-order valence-corrected chi connectivity index (χ1v) is 9.04. The van der Waals surface area contributed by atoms with Gasteiger partial charge in [-0.05, 0) is 37.5 Å². The van der Waals surface area contributed by atoms with Crippen LogP contribution in [0.3, 0.4) is 0 Å². The molecule has 0 heterocycles. The van der Waals surface area contributed by atoms with E-state index in [0.717, 1.165) is 0 Å². The molecule has 4 N–H and O–H groups in total. The first-order valence-electron chi connectivity index (χ1n) is 9.04. The molecule has 8 nitrogen and oxygen atoms in total. The van der Waals surface area contributed by atoms with Crippen LogP contribution in [0.1, 0.15) is 52.4 Å². The Kier molecular flexibility index (Phi) is 5.35. The van der Waals surface area contributed by atoms with Crippen molar-refractivity contribution in [1.82, 2.24) is 0 Å². The van der Waals surface area contributed by atoms with Crippen LogP contribution in [0.2, 0.25) is 0 Å². The number of hydrogen-bond donors (Lipinski definition) is 4. The van der Waals surface area contributed by atoms with Crippen LogP contribution in [0.5, 0.6) is 0 Å². The molecule has 0 aliphatic heterocycles. The molecule has 6 atom stereocenters. The first-order chi connectivity index (χ1) is 12.1. The van der Waals surface area contributed by atoms with E-state index in [2.05, 4.69) is 0 Å². The van der Waals surface area contributed by atoms with Crippen molar-refractivity contribution in [1.29, 1.82) is 0 Å². The SMILES string of the molecule is CCCC1(C(=O)O)C2CC(C(=O)O)C(C(=O)O)CC2C1(CCC)C(=O)O. The van der Waals surface area contributed by atoms with Gasteiger partial charge in [-0.15, -0.1) is 0 Å². The Morgan fingerprint density at radius 2 is 1.04 bits per heavy atom. The van der Waals surface area contributed by atoms with Gasteiger partial charge in [0.1, 0.15) is 0 Å². The Balaban J connectivity index is 2.61. The summed E-state index contributed by atoms with van der Waals surface area (Å²) < 4.78 is 0. The molecule has 2 fully saturated rings. The summed E-state index contributed by atoms with van der Waals surface area (Å²) in [5.41, 5.74) is -3.10. The fourth-order valence-corrected chi connectivity index (χ4v) is 5.92. The zero-order valence-corrected chi connectivity index (χ0v) is 15.0. The first kappa shape index (κ1) is 20.2. The molecule has 6 unspecified atom stereocenters. The van der Waals surface area contributed by atoms with E-state index in [1.165, 1.54) is 0 Å². The molecule has 146 valence electrons. The number of fused-ring (bicyclic) bond motifs is 1. The highest BCUT2D eigenvalue weighted by Crippen LogP contribution is 2.73. The number of hydrogen-bond acceptors (Lipinski definition) is 4. The molecule has 0 spiro atoms. The molecule has 2 aliphatic carbocycles. The summed E-state index contributed by atoms with van der Waals surface area (Å²) >= 11 is 0. The number of carbonyl (C=O) groups is 4. The third kappa shape index (κ3) is 2.41. The van der Waals surface area contributed by atoms with E-state index >= 15 is 0 Å². The van der Waals surface area contributed by atoms with Gasteiger partial charge in [-0.2, -0.15) is 0 Å². The van der Waals surface area contributed by atoms with Gasteiger partial charge < -0.3 is 20.4 Å². The van der Waals surface area contributed by atoms with E-state index in [-0.39, 0.29) is 25.7 Å². The van der Waals surface area contributed by atoms with Crippen LogP contribution in [0.25, 0.3) is 0 Å². The predicted octanol–water partition coefficient (Wildman–Crippen LogP) is 2.17. The number of carboxylic acid groups (broad SMARTS) is 4. The Hall–Kier alpha value is -2.12. The second-order valence-electron chi connectivity index (χ2n) is 7.63. The second kappa shape index (κ2) is 6.89. The molecule has 2 aliphatic rings. The van der Waals surface area contributed by atoms with E-state index in [0.29, 0.717) is 12.8 Å². The molecular weight excluding hydrogens is 344 g/mol. The summed E-state index contributed by atoms with van der Waals surface area (Å²) in [6.45, 7) is 3.54. The fourth-order valence-electron chi connectivity index (χ4n) is 5.92. The molecule has 8 heteroatoms. The molecule has 0 aromatic heterocycles. The highest BCUT2D eigenvalue weighted by Gasteiger charge is 2.79. The Bertz CT molecular complexity index is 575. The average Bonchev–Trinajstić information content (AvgIpc) is 2.55. The van der Waals surface area contributed by atoms with Crippen LogP contribution in [0.15, 0.2) is 0 Å². The Morgan fingerprint density at radius 1 is 0.731 bits per heavy atom. The minimum Gasteiger partial charge on any atom is -0.481 e. The molecule has 0 aromatic carbocycles. The zero-order valence-electron chi connectivity index (χ0n) is 15.0. The van der Waals surface area contributed by atoms with Crippen molar-refractivity contribution in [2.24, 2.45) is 34.5 Å². The second-order valence-corrected chi connectivity index (χ2v) is 7.63. The molecule has 26 heavy (non-hydrogen) atoms. The molecule has 2 rings (SSSR count). The van der Waals surface area contributed by atoms with Crippen molar-refractivity contribution in [2.45, 2.75) is 52.4 Å². The molecule has 0 radical (unpaired) electrons. The van der Waals surface area contributed by atoms with Crippen molar-refractivity contribution in [2.75, 3.05) is 0 Å². The van der Waals surface area contributed by atoms with Gasteiger partial charge in [-0.25, -0.2) is 0 Å². The van der Waals surface area contributed by atoms with Crippen LogP contribution >= 0.6 is 0 Å². The van der Waals surface area contributed by atoms with Crippen molar-refractivity contribution in [3.63, 3.8) is 0 Å². The standard InChI is InChI=1S/C18H26O8/c1-3-5-17(15(23)24)11-7-9(13(19)20)10(14(21)22)8-12(11)18(17,6-4-2)16(25)26/h9-12H,3-8H2,1-2H3,(H,19,20)(H,21,22)(H,23,24)(H,25,26). The van der Waals surface area contributed by atoms with Crippen molar-refractivity contribution in [3.05, 3.63) is 0 Å². The smallest absolute Gasteiger partial charge is 0.311 e. The van der Waals surface area contributed by atoms with Gasteiger partial charge in [-0.1, -0.05) is 26.7 Å². The lowest BCUT2D eigenvalue weighted by atomic mass is 9.32. The summed E-state index contributed by atoms with van der Waals surface area (Å²) in [6.07, 6.45) is 0.965. The number of aliphatic carboxylic acids is 4. The Labute approximate surface area is 151 Å². The third-order valence-corrected chi connectivity index (χ3v) is 6.74. The van der Waals surface area contributed by atoms with Crippen LogP contribution < -0.4 is 0 Å². The molecule has 0 bridgehead atoms. The molecule has 0 aromatic rings. The quantitative estimate of drug-likeness (QED) is 0.508. The lowest BCUT2D eigenvalue weighted by Crippen LogP contribution is -2.74. The normalized spacial score (nSPS) is 38.7.